The van der Waals surface area contributed by atoms with E-state index in [-0.39, 0.29) is 0 Å². The van der Waals surface area contributed by atoms with Gasteiger partial charge in [-0.15, -0.1) is 0 Å². The molecule has 0 aliphatic carbocycles. The Kier molecular flexibility index (Phi) is 5.59. The number of carbonyl (C=O) groups excluding carboxylic acids is 1. The lowest BCUT2D eigenvalue weighted by atomic mass is 10.2. The molecule has 1 heterocycles. The molecular weight excluding hydrogens is 353 g/mol. The van der Waals surface area contributed by atoms with Crippen molar-refractivity contribution in [3.63, 3.8) is 0 Å². The van der Waals surface area contributed by atoms with Crippen LogP contribution in [0.15, 0.2) is 41.3 Å². The number of alkyl halides is 3. The highest BCUT2D eigenvalue weighted by Crippen LogP contribution is 2.31. The van der Waals surface area contributed by atoms with Crippen LogP contribution in [0.4, 0.5) is 18.9 Å². The second kappa shape index (κ2) is 7.51. The predicted molar refractivity (Wildman–Crippen MR) is 88.7 cm³/mol. The van der Waals surface area contributed by atoms with Crippen molar-refractivity contribution in [2.75, 3.05) is 26.2 Å². The van der Waals surface area contributed by atoms with Crippen LogP contribution in [0.1, 0.15) is 5.56 Å². The number of pyridine rings is 1. The minimum absolute atomic E-state index is 0.390. The highest BCUT2D eigenvalue weighted by Gasteiger charge is 2.34. The fourth-order valence-electron chi connectivity index (χ4n) is 2.31. The number of likely N-dealkylation sites (N-methyl/N-ethyl adjacent to an activating group) is 1. The van der Waals surface area contributed by atoms with E-state index in [9.17, 15) is 22.8 Å². The van der Waals surface area contributed by atoms with Crippen LogP contribution in [0, 0.1) is 0 Å². The van der Waals surface area contributed by atoms with Crippen molar-refractivity contribution in [2.24, 2.45) is 0 Å². The van der Waals surface area contributed by atoms with Crippen molar-refractivity contribution < 1.29 is 27.4 Å². The van der Waals surface area contributed by atoms with Gasteiger partial charge in [-0.1, -0.05) is 0 Å². The third kappa shape index (κ3) is 3.98. The van der Waals surface area contributed by atoms with Crippen LogP contribution in [-0.2, 0) is 17.5 Å². The molecule has 0 saturated heterocycles. The molecule has 0 saturated carbocycles. The summed E-state index contributed by atoms with van der Waals surface area (Å²) in [6.45, 7) is -0.534. The molecule has 140 valence electrons. The Morgan fingerprint density at radius 3 is 2.38 bits per heavy atom. The first-order valence-electron chi connectivity index (χ1n) is 7.44. The SMILES string of the molecule is COc1ccc(N(C)C(=O)Cn2cccc(C(F)(F)F)c2=O)cc1OC. The summed E-state index contributed by atoms with van der Waals surface area (Å²) in [6.07, 6.45) is -3.64. The van der Waals surface area contributed by atoms with Crippen LogP contribution >= 0.6 is 0 Å². The molecule has 1 aromatic heterocycles. The number of nitrogens with zero attached hydrogens (tertiary/aromatic N) is 2. The first-order valence-corrected chi connectivity index (χ1v) is 7.44. The molecule has 2 rings (SSSR count). The number of halogens is 3. The first kappa shape index (κ1) is 19.4. The number of benzene rings is 1. The van der Waals surface area contributed by atoms with E-state index in [4.69, 9.17) is 9.47 Å². The van der Waals surface area contributed by atoms with Crippen molar-refractivity contribution in [1.29, 1.82) is 0 Å². The smallest absolute Gasteiger partial charge is 0.421 e. The summed E-state index contributed by atoms with van der Waals surface area (Å²) in [5.41, 5.74) is -2.15. The number of ether oxygens (including phenoxy) is 2. The summed E-state index contributed by atoms with van der Waals surface area (Å²) in [5.74, 6) is 0.283. The van der Waals surface area contributed by atoms with Gasteiger partial charge in [0.15, 0.2) is 11.5 Å². The fourth-order valence-corrected chi connectivity index (χ4v) is 2.31. The molecule has 0 spiro atoms. The van der Waals surface area contributed by atoms with Crippen LogP contribution in [0.25, 0.3) is 0 Å². The molecule has 6 nitrogen and oxygen atoms in total. The van der Waals surface area contributed by atoms with E-state index in [1.54, 1.807) is 18.2 Å². The summed E-state index contributed by atoms with van der Waals surface area (Å²) < 4.78 is 49.4. The van der Waals surface area contributed by atoms with Gasteiger partial charge in [-0.05, 0) is 24.3 Å². The van der Waals surface area contributed by atoms with Crippen LogP contribution < -0.4 is 19.9 Å². The first-order chi connectivity index (χ1) is 12.2. The Balaban J connectivity index is 2.27. The van der Waals surface area contributed by atoms with Crippen molar-refractivity contribution in [3.8, 4) is 11.5 Å². The Labute approximate surface area is 147 Å². The molecule has 1 amide bonds. The molecule has 1 aromatic carbocycles. The molecule has 9 heteroatoms. The lowest BCUT2D eigenvalue weighted by Gasteiger charge is -2.20. The highest BCUT2D eigenvalue weighted by molar-refractivity contribution is 5.93. The van der Waals surface area contributed by atoms with Gasteiger partial charge in [0.05, 0.1) is 14.2 Å². The van der Waals surface area contributed by atoms with E-state index in [1.807, 2.05) is 0 Å². The zero-order chi connectivity index (χ0) is 19.5. The molecule has 0 unspecified atom stereocenters. The van der Waals surface area contributed by atoms with Gasteiger partial charge in [-0.2, -0.15) is 13.2 Å². The van der Waals surface area contributed by atoms with Crippen molar-refractivity contribution in [2.45, 2.75) is 12.7 Å². The van der Waals surface area contributed by atoms with E-state index in [0.29, 0.717) is 23.3 Å². The second-order valence-electron chi connectivity index (χ2n) is 5.34. The van der Waals surface area contributed by atoms with E-state index in [1.165, 1.54) is 26.2 Å². The van der Waals surface area contributed by atoms with Crippen molar-refractivity contribution in [3.05, 3.63) is 52.4 Å². The van der Waals surface area contributed by atoms with Gasteiger partial charge >= 0.3 is 6.18 Å². The number of amides is 1. The molecule has 0 aliphatic heterocycles. The molecule has 0 aliphatic rings. The Hall–Kier alpha value is -2.97. The van der Waals surface area contributed by atoms with Gasteiger partial charge in [0.2, 0.25) is 5.91 Å². The molecule has 0 atom stereocenters. The minimum Gasteiger partial charge on any atom is -0.493 e. The van der Waals surface area contributed by atoms with E-state index < -0.39 is 29.8 Å². The Morgan fingerprint density at radius 1 is 1.15 bits per heavy atom. The van der Waals surface area contributed by atoms with Gasteiger partial charge in [-0.25, -0.2) is 0 Å². The predicted octanol–water partition coefficient (Wildman–Crippen LogP) is 2.55. The highest BCUT2D eigenvalue weighted by atomic mass is 19.4. The second-order valence-corrected chi connectivity index (χ2v) is 5.34. The van der Waals surface area contributed by atoms with E-state index >= 15 is 0 Å². The molecule has 0 radical (unpaired) electrons. The molecule has 2 aromatic rings. The van der Waals surface area contributed by atoms with Crippen LogP contribution in [0.3, 0.4) is 0 Å². The number of aromatic nitrogens is 1. The third-order valence-corrected chi connectivity index (χ3v) is 3.76. The van der Waals surface area contributed by atoms with Crippen molar-refractivity contribution in [1.82, 2.24) is 4.57 Å². The normalized spacial score (nSPS) is 11.2. The van der Waals surface area contributed by atoms with Crippen LogP contribution in [0.2, 0.25) is 0 Å². The Morgan fingerprint density at radius 2 is 1.81 bits per heavy atom. The summed E-state index contributed by atoms with van der Waals surface area (Å²) in [4.78, 5) is 25.5. The van der Waals surface area contributed by atoms with Crippen LogP contribution in [0.5, 0.6) is 11.5 Å². The average Bonchev–Trinajstić information content (AvgIpc) is 2.61. The van der Waals surface area contributed by atoms with E-state index in [0.717, 1.165) is 16.8 Å². The number of hydrogen-bond donors (Lipinski definition) is 0. The van der Waals surface area contributed by atoms with Gasteiger partial charge in [0, 0.05) is 25.0 Å². The van der Waals surface area contributed by atoms with E-state index in [2.05, 4.69) is 0 Å². The summed E-state index contributed by atoms with van der Waals surface area (Å²) in [5, 5.41) is 0. The zero-order valence-corrected chi connectivity index (χ0v) is 14.3. The Bertz CT molecular complexity index is 862. The monoisotopic (exact) mass is 370 g/mol. The number of rotatable bonds is 5. The largest absolute Gasteiger partial charge is 0.493 e. The average molecular weight is 370 g/mol. The summed E-state index contributed by atoms with van der Waals surface area (Å²) in [7, 11) is 4.35. The lowest BCUT2D eigenvalue weighted by molar-refractivity contribution is -0.139. The standard InChI is InChI=1S/C17H17F3N2O4/c1-21(11-6-7-13(25-2)14(9-11)26-3)15(23)10-22-8-4-5-12(16(22)24)17(18,19)20/h4-9H,10H2,1-3H3. The maximum Gasteiger partial charge on any atom is 0.421 e. The molecular formula is C17H17F3N2O4. The lowest BCUT2D eigenvalue weighted by Crippen LogP contribution is -2.35. The number of carbonyl (C=O) groups is 1. The molecule has 0 bridgehead atoms. The number of methoxy groups -OCH3 is 2. The maximum absolute atomic E-state index is 12.8. The van der Waals surface area contributed by atoms with Gasteiger partial charge in [-0.3, -0.25) is 9.59 Å². The maximum atomic E-state index is 12.8. The van der Waals surface area contributed by atoms with Crippen molar-refractivity contribution >= 4 is 11.6 Å². The summed E-state index contributed by atoms with van der Waals surface area (Å²) >= 11 is 0. The van der Waals surface area contributed by atoms with Crippen LogP contribution in [-0.4, -0.2) is 31.7 Å². The number of hydrogen-bond acceptors (Lipinski definition) is 4. The summed E-state index contributed by atoms with van der Waals surface area (Å²) in [6, 6.07) is 6.49. The molecule has 0 fully saturated rings. The fraction of sp³-hybridized carbons (Fsp3) is 0.294. The quantitative estimate of drug-likeness (QED) is 0.812. The third-order valence-electron chi connectivity index (χ3n) is 3.76. The van der Waals surface area contributed by atoms with Gasteiger partial charge < -0.3 is 18.9 Å². The van der Waals surface area contributed by atoms with Gasteiger partial charge in [0.25, 0.3) is 5.56 Å². The number of anilines is 1. The topological polar surface area (TPSA) is 60.8 Å². The minimum atomic E-state index is -4.78. The zero-order valence-electron chi connectivity index (χ0n) is 14.3. The molecule has 26 heavy (non-hydrogen) atoms. The molecule has 0 N–H and O–H groups in total. The van der Waals surface area contributed by atoms with Gasteiger partial charge in [0.1, 0.15) is 12.1 Å².